The maximum absolute atomic E-state index is 12.0. The lowest BCUT2D eigenvalue weighted by Crippen LogP contribution is -2.46. The number of hydrogen-bond acceptors (Lipinski definition) is 2. The molecule has 4 heteroatoms. The Morgan fingerprint density at radius 3 is 2.52 bits per heavy atom. The number of carboxylic acids is 1. The number of likely N-dealkylation sites (tertiary alicyclic amines) is 1. The summed E-state index contributed by atoms with van der Waals surface area (Å²) in [4.78, 5) is 14.1. The van der Waals surface area contributed by atoms with Gasteiger partial charge in [-0.2, -0.15) is 0 Å². The SMILES string of the molecule is O=C(O)C1CCCCN1C(c1ccc2ccccc2c1)c1ccccc1Cl. The van der Waals surface area contributed by atoms with Gasteiger partial charge in [-0.25, -0.2) is 0 Å². The van der Waals surface area contributed by atoms with Gasteiger partial charge in [-0.05, 0) is 53.4 Å². The van der Waals surface area contributed by atoms with E-state index in [2.05, 4.69) is 35.2 Å². The first-order valence-corrected chi connectivity index (χ1v) is 9.74. The quantitative estimate of drug-likeness (QED) is 0.648. The van der Waals surface area contributed by atoms with E-state index in [1.165, 1.54) is 5.39 Å². The second kappa shape index (κ2) is 7.71. The minimum atomic E-state index is -0.757. The average molecular weight is 380 g/mol. The minimum Gasteiger partial charge on any atom is -0.480 e. The van der Waals surface area contributed by atoms with Crippen molar-refractivity contribution in [3.8, 4) is 0 Å². The third-order valence-electron chi connectivity index (χ3n) is 5.45. The molecule has 1 fully saturated rings. The zero-order valence-corrected chi connectivity index (χ0v) is 15.8. The lowest BCUT2D eigenvalue weighted by atomic mass is 9.90. The van der Waals surface area contributed by atoms with Gasteiger partial charge < -0.3 is 5.11 Å². The molecule has 0 aromatic heterocycles. The van der Waals surface area contributed by atoms with Crippen LogP contribution in [0.3, 0.4) is 0 Å². The van der Waals surface area contributed by atoms with E-state index in [1.807, 2.05) is 36.4 Å². The van der Waals surface area contributed by atoms with Crippen molar-refractivity contribution < 1.29 is 9.90 Å². The fraction of sp³-hybridized carbons (Fsp3) is 0.261. The van der Waals surface area contributed by atoms with Gasteiger partial charge >= 0.3 is 5.97 Å². The second-order valence-electron chi connectivity index (χ2n) is 7.12. The highest BCUT2D eigenvalue weighted by Gasteiger charge is 2.35. The number of aliphatic carboxylic acids is 1. The Balaban J connectivity index is 1.87. The number of nitrogens with zero attached hydrogens (tertiary/aromatic N) is 1. The van der Waals surface area contributed by atoms with Crippen LogP contribution in [0.25, 0.3) is 10.8 Å². The standard InChI is InChI=1S/C23H22ClNO2/c24-20-10-4-3-9-19(20)22(25-14-6-5-11-21(25)23(26)27)18-13-12-16-7-1-2-8-17(16)15-18/h1-4,7-10,12-13,15,21-22H,5-6,11,14H2,(H,26,27). The van der Waals surface area contributed by atoms with Crippen molar-refractivity contribution in [3.05, 3.63) is 82.9 Å². The third kappa shape index (κ3) is 3.58. The summed E-state index contributed by atoms with van der Waals surface area (Å²) in [6.07, 6.45) is 2.61. The van der Waals surface area contributed by atoms with Crippen molar-refractivity contribution in [3.63, 3.8) is 0 Å². The number of benzene rings is 3. The predicted octanol–water partition coefficient (Wildman–Crippen LogP) is 5.52. The summed E-state index contributed by atoms with van der Waals surface area (Å²) >= 11 is 6.56. The van der Waals surface area contributed by atoms with Crippen LogP contribution in [0.5, 0.6) is 0 Å². The molecule has 0 bridgehead atoms. The summed E-state index contributed by atoms with van der Waals surface area (Å²) < 4.78 is 0. The van der Waals surface area contributed by atoms with Gasteiger partial charge in [-0.1, -0.05) is 72.6 Å². The van der Waals surface area contributed by atoms with Crippen LogP contribution < -0.4 is 0 Å². The van der Waals surface area contributed by atoms with Gasteiger partial charge in [0.2, 0.25) is 0 Å². The van der Waals surface area contributed by atoms with Crippen LogP contribution in [0.15, 0.2) is 66.7 Å². The fourth-order valence-electron chi connectivity index (χ4n) is 4.15. The van der Waals surface area contributed by atoms with E-state index in [-0.39, 0.29) is 6.04 Å². The summed E-state index contributed by atoms with van der Waals surface area (Å²) in [5, 5.41) is 12.8. The number of hydrogen-bond donors (Lipinski definition) is 1. The fourth-order valence-corrected chi connectivity index (χ4v) is 4.39. The lowest BCUT2D eigenvalue weighted by Gasteiger charge is -2.40. The Morgan fingerprint density at radius 2 is 1.74 bits per heavy atom. The molecule has 1 aliphatic rings. The first kappa shape index (κ1) is 18.0. The van der Waals surface area contributed by atoms with E-state index in [4.69, 9.17) is 11.6 Å². The van der Waals surface area contributed by atoms with Crippen molar-refractivity contribution in [1.82, 2.24) is 4.90 Å². The molecule has 0 radical (unpaired) electrons. The summed E-state index contributed by atoms with van der Waals surface area (Å²) in [5.41, 5.74) is 2.04. The first-order valence-electron chi connectivity index (χ1n) is 9.37. The summed E-state index contributed by atoms with van der Waals surface area (Å²) in [7, 11) is 0. The van der Waals surface area contributed by atoms with Crippen molar-refractivity contribution in [1.29, 1.82) is 0 Å². The van der Waals surface area contributed by atoms with E-state index in [1.54, 1.807) is 0 Å². The predicted molar refractivity (Wildman–Crippen MR) is 109 cm³/mol. The van der Waals surface area contributed by atoms with E-state index in [0.29, 0.717) is 11.4 Å². The highest BCUT2D eigenvalue weighted by Crippen LogP contribution is 2.38. The van der Waals surface area contributed by atoms with Crippen LogP contribution >= 0.6 is 11.6 Å². The summed E-state index contributed by atoms with van der Waals surface area (Å²) in [6, 6.07) is 21.7. The summed E-state index contributed by atoms with van der Waals surface area (Å²) in [5.74, 6) is -0.757. The first-order chi connectivity index (χ1) is 13.1. The number of rotatable bonds is 4. The van der Waals surface area contributed by atoms with E-state index in [0.717, 1.165) is 35.9 Å². The number of fused-ring (bicyclic) bond motifs is 1. The number of piperidine rings is 1. The molecule has 0 aliphatic carbocycles. The second-order valence-corrected chi connectivity index (χ2v) is 7.53. The molecule has 0 saturated carbocycles. The normalized spacial score (nSPS) is 19.1. The molecular formula is C23H22ClNO2. The van der Waals surface area contributed by atoms with E-state index < -0.39 is 12.0 Å². The van der Waals surface area contributed by atoms with Gasteiger partial charge in [0.05, 0.1) is 6.04 Å². The van der Waals surface area contributed by atoms with Crippen LogP contribution in [0.4, 0.5) is 0 Å². The average Bonchev–Trinajstić information content (AvgIpc) is 2.70. The Morgan fingerprint density at radius 1 is 1.00 bits per heavy atom. The van der Waals surface area contributed by atoms with Crippen molar-refractivity contribution in [2.45, 2.75) is 31.3 Å². The van der Waals surface area contributed by atoms with Gasteiger partial charge in [0.25, 0.3) is 0 Å². The molecule has 1 heterocycles. The highest BCUT2D eigenvalue weighted by atomic mass is 35.5. The van der Waals surface area contributed by atoms with E-state index in [9.17, 15) is 9.90 Å². The van der Waals surface area contributed by atoms with Gasteiger partial charge in [0.1, 0.15) is 6.04 Å². The van der Waals surface area contributed by atoms with Gasteiger partial charge in [0, 0.05) is 5.02 Å². The van der Waals surface area contributed by atoms with E-state index >= 15 is 0 Å². The molecule has 0 amide bonds. The van der Waals surface area contributed by atoms with Gasteiger partial charge in [-0.15, -0.1) is 0 Å². The monoisotopic (exact) mass is 379 g/mol. The van der Waals surface area contributed by atoms with Crippen LogP contribution in [-0.2, 0) is 4.79 Å². The van der Waals surface area contributed by atoms with Crippen molar-refractivity contribution >= 4 is 28.3 Å². The Bertz CT molecular complexity index is 971. The molecule has 4 rings (SSSR count). The van der Waals surface area contributed by atoms with Crippen LogP contribution in [0.1, 0.15) is 36.4 Å². The largest absolute Gasteiger partial charge is 0.480 e. The molecule has 3 aromatic carbocycles. The molecule has 2 atom stereocenters. The van der Waals surface area contributed by atoms with Gasteiger partial charge in [-0.3, -0.25) is 9.69 Å². The number of halogens is 1. The third-order valence-corrected chi connectivity index (χ3v) is 5.79. The van der Waals surface area contributed by atoms with Crippen molar-refractivity contribution in [2.75, 3.05) is 6.54 Å². The number of carboxylic acid groups (broad SMARTS) is 1. The Kier molecular flexibility index (Phi) is 5.15. The molecule has 1 saturated heterocycles. The smallest absolute Gasteiger partial charge is 0.320 e. The Hall–Kier alpha value is -2.36. The molecule has 2 unspecified atom stereocenters. The summed E-state index contributed by atoms with van der Waals surface area (Å²) in [6.45, 7) is 0.750. The highest BCUT2D eigenvalue weighted by molar-refractivity contribution is 6.31. The molecule has 0 spiro atoms. The zero-order valence-electron chi connectivity index (χ0n) is 15.0. The van der Waals surface area contributed by atoms with Gasteiger partial charge in [0.15, 0.2) is 0 Å². The molecular weight excluding hydrogens is 358 g/mol. The number of carbonyl (C=O) groups is 1. The van der Waals surface area contributed by atoms with Crippen molar-refractivity contribution in [2.24, 2.45) is 0 Å². The topological polar surface area (TPSA) is 40.5 Å². The maximum Gasteiger partial charge on any atom is 0.320 e. The minimum absolute atomic E-state index is 0.176. The van der Waals surface area contributed by atoms with Crippen LogP contribution in [0.2, 0.25) is 5.02 Å². The molecule has 3 nitrogen and oxygen atoms in total. The molecule has 138 valence electrons. The van der Waals surface area contributed by atoms with Crippen LogP contribution in [0, 0.1) is 0 Å². The molecule has 1 N–H and O–H groups in total. The molecule has 1 aliphatic heterocycles. The lowest BCUT2D eigenvalue weighted by molar-refractivity contribution is -0.145. The maximum atomic E-state index is 12.0. The van der Waals surface area contributed by atoms with Crippen LogP contribution in [-0.4, -0.2) is 28.6 Å². The Labute approximate surface area is 164 Å². The molecule has 27 heavy (non-hydrogen) atoms. The zero-order chi connectivity index (χ0) is 18.8. The molecule has 3 aromatic rings.